The van der Waals surface area contributed by atoms with Crippen molar-refractivity contribution in [2.24, 2.45) is 5.10 Å². The van der Waals surface area contributed by atoms with Crippen molar-refractivity contribution in [2.75, 3.05) is 19.0 Å². The van der Waals surface area contributed by atoms with Crippen molar-refractivity contribution in [2.45, 2.75) is 0 Å². The van der Waals surface area contributed by atoms with Gasteiger partial charge in [-0.1, -0.05) is 40.2 Å². The number of aromatic nitrogens is 2. The van der Waals surface area contributed by atoms with E-state index >= 15 is 0 Å². The highest BCUT2D eigenvalue weighted by Gasteiger charge is 2.18. The molecule has 1 amide bonds. The minimum absolute atomic E-state index is 0.201. The van der Waals surface area contributed by atoms with E-state index in [9.17, 15) is 14.0 Å². The van der Waals surface area contributed by atoms with Crippen molar-refractivity contribution in [3.63, 3.8) is 0 Å². The molecule has 4 aromatic carbocycles. The van der Waals surface area contributed by atoms with Gasteiger partial charge < -0.3 is 19.2 Å². The summed E-state index contributed by atoms with van der Waals surface area (Å²) < 4.78 is 32.9. The number of methoxy groups -OCH3 is 1. The number of benzene rings is 4. The van der Waals surface area contributed by atoms with Crippen LogP contribution in [0.15, 0.2) is 110 Å². The number of para-hydroxylation sites is 2. The van der Waals surface area contributed by atoms with Gasteiger partial charge in [-0.2, -0.15) is 9.78 Å². The van der Waals surface area contributed by atoms with E-state index in [4.69, 9.17) is 18.9 Å². The van der Waals surface area contributed by atoms with Crippen molar-refractivity contribution in [3.8, 4) is 23.1 Å². The Morgan fingerprint density at radius 1 is 1.07 bits per heavy atom. The minimum atomic E-state index is -0.506. The molecule has 0 radical (unpaired) electrons. The summed E-state index contributed by atoms with van der Waals surface area (Å²) >= 11 is 3.47. The number of hydrogen-bond acceptors (Lipinski definition) is 7. The Morgan fingerprint density at radius 3 is 2.74 bits per heavy atom. The maximum Gasteiger partial charge on any atom is 0.282 e. The maximum absolute atomic E-state index is 13.7. The lowest BCUT2D eigenvalue weighted by Gasteiger charge is -2.13. The number of ether oxygens (including phenoxy) is 2. The summed E-state index contributed by atoms with van der Waals surface area (Å²) in [7, 11) is 1.46. The predicted molar refractivity (Wildman–Crippen MR) is 165 cm³/mol. The molecule has 0 unspecified atom stereocenters. The highest BCUT2D eigenvalue weighted by molar-refractivity contribution is 9.10. The van der Waals surface area contributed by atoms with E-state index in [1.165, 1.54) is 31.5 Å². The van der Waals surface area contributed by atoms with Crippen molar-refractivity contribution < 1.29 is 23.1 Å². The molecule has 11 heteroatoms. The molecular weight excluding hydrogens is 619 g/mol. The number of amides is 1. The lowest BCUT2D eigenvalue weighted by atomic mass is 10.2. The average Bonchev–Trinajstić information content (AvgIpc) is 3.42. The summed E-state index contributed by atoms with van der Waals surface area (Å²) in [5.41, 5.74) is 1.43. The Kier molecular flexibility index (Phi) is 7.71. The molecule has 0 atom stereocenters. The van der Waals surface area contributed by atoms with Gasteiger partial charge in [-0.3, -0.25) is 9.59 Å². The van der Waals surface area contributed by atoms with Gasteiger partial charge in [-0.15, -0.1) is 0 Å². The van der Waals surface area contributed by atoms with Crippen LogP contribution in [0.5, 0.6) is 11.5 Å². The van der Waals surface area contributed by atoms with Gasteiger partial charge in [0, 0.05) is 21.1 Å². The third kappa shape index (κ3) is 5.88. The number of furan rings is 1. The van der Waals surface area contributed by atoms with Gasteiger partial charge in [-0.25, -0.2) is 9.37 Å². The number of halogens is 2. The molecule has 0 saturated heterocycles. The molecule has 0 saturated carbocycles. The monoisotopic (exact) mass is 640 g/mol. The second-order valence-corrected chi connectivity index (χ2v) is 10.2. The summed E-state index contributed by atoms with van der Waals surface area (Å²) in [6, 6.07) is 25.0. The highest BCUT2D eigenvalue weighted by atomic mass is 79.9. The fraction of sp³-hybridized carbons (Fsp3) is 0.0625. The fourth-order valence-corrected chi connectivity index (χ4v) is 4.86. The average molecular weight is 641 g/mol. The zero-order chi connectivity index (χ0) is 29.9. The van der Waals surface area contributed by atoms with E-state index in [2.05, 4.69) is 26.3 Å². The molecule has 6 rings (SSSR count). The van der Waals surface area contributed by atoms with Crippen LogP contribution >= 0.6 is 15.9 Å². The zero-order valence-electron chi connectivity index (χ0n) is 22.6. The Morgan fingerprint density at radius 2 is 1.91 bits per heavy atom. The Bertz CT molecular complexity index is 2090. The number of nitrogens with one attached hydrogen (secondary N) is 1. The van der Waals surface area contributed by atoms with Crippen molar-refractivity contribution in [1.82, 2.24) is 9.66 Å². The first kappa shape index (κ1) is 27.9. The predicted octanol–water partition coefficient (Wildman–Crippen LogP) is 6.62. The van der Waals surface area contributed by atoms with Crippen molar-refractivity contribution in [1.29, 1.82) is 0 Å². The van der Waals surface area contributed by atoms with Gasteiger partial charge in [-0.05, 0) is 66.7 Å². The van der Waals surface area contributed by atoms with E-state index in [-0.39, 0.29) is 11.6 Å². The lowest BCUT2D eigenvalue weighted by molar-refractivity contribution is -0.118. The molecule has 6 aromatic rings. The van der Waals surface area contributed by atoms with E-state index in [1.54, 1.807) is 54.6 Å². The Hall–Kier alpha value is -5.29. The van der Waals surface area contributed by atoms with Crippen molar-refractivity contribution >= 4 is 55.6 Å². The molecule has 0 aliphatic carbocycles. The smallest absolute Gasteiger partial charge is 0.282 e. The Balaban J connectivity index is 1.37. The van der Waals surface area contributed by atoms with Gasteiger partial charge in [0.25, 0.3) is 11.5 Å². The summed E-state index contributed by atoms with van der Waals surface area (Å²) in [6.45, 7) is -0.394. The number of fused-ring (bicyclic) bond motifs is 2. The highest BCUT2D eigenvalue weighted by Crippen LogP contribution is 2.31. The van der Waals surface area contributed by atoms with E-state index in [0.29, 0.717) is 39.2 Å². The molecule has 43 heavy (non-hydrogen) atoms. The largest absolute Gasteiger partial charge is 0.493 e. The van der Waals surface area contributed by atoms with Gasteiger partial charge in [0.2, 0.25) is 5.82 Å². The van der Waals surface area contributed by atoms with Crippen LogP contribution in [0.2, 0.25) is 0 Å². The topological polar surface area (TPSA) is 108 Å². The normalized spacial score (nSPS) is 11.3. The Labute approximate surface area is 252 Å². The number of nitrogens with zero attached hydrogens (tertiary/aromatic N) is 3. The quantitative estimate of drug-likeness (QED) is 0.187. The third-order valence-electron chi connectivity index (χ3n) is 6.45. The summed E-state index contributed by atoms with van der Waals surface area (Å²) in [4.78, 5) is 30.9. The fourth-order valence-electron chi connectivity index (χ4n) is 4.49. The molecule has 2 heterocycles. The first-order valence-corrected chi connectivity index (χ1v) is 13.8. The van der Waals surface area contributed by atoms with Crippen LogP contribution < -0.4 is 20.3 Å². The lowest BCUT2D eigenvalue weighted by Crippen LogP contribution is -2.21. The second-order valence-electron chi connectivity index (χ2n) is 9.33. The molecule has 214 valence electrons. The summed E-state index contributed by atoms with van der Waals surface area (Å²) in [5.74, 6) is 0.134. The molecule has 1 N–H and O–H groups in total. The molecular formula is C32H22BrFN4O5. The molecule has 0 fully saturated rings. The second kappa shape index (κ2) is 11.9. The van der Waals surface area contributed by atoms with Crippen LogP contribution in [0.25, 0.3) is 33.5 Å². The van der Waals surface area contributed by atoms with Crippen LogP contribution in [-0.2, 0) is 4.79 Å². The van der Waals surface area contributed by atoms with E-state index in [0.717, 1.165) is 14.5 Å². The maximum atomic E-state index is 13.7. The minimum Gasteiger partial charge on any atom is -0.493 e. The van der Waals surface area contributed by atoms with Gasteiger partial charge in [0.1, 0.15) is 11.4 Å². The summed E-state index contributed by atoms with van der Waals surface area (Å²) in [6.07, 6.45) is 1.42. The number of carbonyl (C=O) groups excluding carboxylic acids is 1. The number of anilines is 1. The standard InChI is InChI=1S/C32H22BrFN4O5/c1-41-27-11-4-6-19(30(27)42-18-29(39)36-23-8-5-7-22(34)16-23)17-35-38-31(37-25-10-3-2-9-24(25)32(38)40)28-15-20-14-21(33)12-13-26(20)43-28/h2-17H,18H2,1H3,(H,36,39). The van der Waals surface area contributed by atoms with Crippen LogP contribution in [0.1, 0.15) is 5.56 Å². The molecule has 0 aliphatic rings. The zero-order valence-corrected chi connectivity index (χ0v) is 24.2. The SMILES string of the molecule is COc1cccc(C=Nn2c(-c3cc4cc(Br)ccc4o3)nc3ccccc3c2=O)c1OCC(=O)Nc1cccc(F)c1. The number of hydrogen-bond donors (Lipinski definition) is 1. The van der Waals surface area contributed by atoms with E-state index in [1.807, 2.05) is 18.2 Å². The number of carbonyl (C=O) groups is 1. The third-order valence-corrected chi connectivity index (χ3v) is 6.94. The molecule has 9 nitrogen and oxygen atoms in total. The van der Waals surface area contributed by atoms with Crippen LogP contribution in [-0.4, -0.2) is 35.5 Å². The number of rotatable bonds is 8. The molecule has 0 bridgehead atoms. The summed E-state index contributed by atoms with van der Waals surface area (Å²) in [5, 5.41) is 8.28. The van der Waals surface area contributed by atoms with Crippen LogP contribution in [0.4, 0.5) is 10.1 Å². The van der Waals surface area contributed by atoms with Gasteiger partial charge in [0.05, 0.1) is 24.2 Å². The van der Waals surface area contributed by atoms with Crippen molar-refractivity contribution in [3.05, 3.63) is 117 Å². The first-order chi connectivity index (χ1) is 20.9. The van der Waals surface area contributed by atoms with Crippen LogP contribution in [0.3, 0.4) is 0 Å². The molecule has 0 aliphatic heterocycles. The van der Waals surface area contributed by atoms with Gasteiger partial charge in [0.15, 0.2) is 23.9 Å². The van der Waals surface area contributed by atoms with E-state index < -0.39 is 23.9 Å². The van der Waals surface area contributed by atoms with Crippen LogP contribution in [0, 0.1) is 5.82 Å². The molecule has 0 spiro atoms. The van der Waals surface area contributed by atoms with Gasteiger partial charge >= 0.3 is 0 Å². The molecule has 2 aromatic heterocycles. The first-order valence-electron chi connectivity index (χ1n) is 13.0.